The van der Waals surface area contributed by atoms with E-state index in [0.29, 0.717) is 0 Å². The molecular weight excluding hydrogens is 414 g/mol. The van der Waals surface area contributed by atoms with Gasteiger partial charge in [0.1, 0.15) is 0 Å². The highest BCUT2D eigenvalue weighted by Crippen LogP contribution is 2.32. The van der Waals surface area contributed by atoms with E-state index in [1.807, 2.05) is 18.3 Å². The van der Waals surface area contributed by atoms with Gasteiger partial charge in [-0.2, -0.15) is 0 Å². The first-order valence-electron chi connectivity index (χ1n) is 11.4. The summed E-state index contributed by atoms with van der Waals surface area (Å²) in [4.78, 5) is 14.8. The van der Waals surface area contributed by atoms with Gasteiger partial charge in [0.15, 0.2) is 0 Å². The molecule has 0 atom stereocenters. The van der Waals surface area contributed by atoms with Crippen molar-refractivity contribution >= 4 is 43.4 Å². The number of benzene rings is 4. The van der Waals surface area contributed by atoms with E-state index in [0.717, 1.165) is 55.2 Å². The van der Waals surface area contributed by atoms with Crippen LogP contribution in [0.1, 0.15) is 0 Å². The van der Waals surface area contributed by atoms with Crippen molar-refractivity contribution in [3.05, 3.63) is 115 Å². The minimum absolute atomic E-state index is 0.857. The van der Waals surface area contributed by atoms with Gasteiger partial charge in [0, 0.05) is 27.9 Å². The molecule has 34 heavy (non-hydrogen) atoms. The number of aromatic nitrogens is 3. The molecular formula is C31H19N3. The Balaban J connectivity index is 1.42. The van der Waals surface area contributed by atoms with Crippen LogP contribution in [0.5, 0.6) is 0 Å². The van der Waals surface area contributed by atoms with Crippen LogP contribution in [0.3, 0.4) is 0 Å². The van der Waals surface area contributed by atoms with Crippen molar-refractivity contribution in [1.29, 1.82) is 0 Å². The molecule has 0 saturated carbocycles. The van der Waals surface area contributed by atoms with Crippen LogP contribution in [0.15, 0.2) is 115 Å². The number of fused-ring (bicyclic) bond motifs is 6. The smallest absolute Gasteiger partial charge is 0.0894 e. The zero-order valence-corrected chi connectivity index (χ0v) is 18.3. The third kappa shape index (κ3) is 3.02. The number of nitrogens with zero attached hydrogens (tertiary/aromatic N) is 3. The van der Waals surface area contributed by atoms with Crippen LogP contribution in [0.4, 0.5) is 0 Å². The van der Waals surface area contributed by atoms with Gasteiger partial charge in [-0.15, -0.1) is 0 Å². The van der Waals surface area contributed by atoms with E-state index in [1.165, 1.54) is 10.8 Å². The summed E-state index contributed by atoms with van der Waals surface area (Å²) >= 11 is 0. The summed E-state index contributed by atoms with van der Waals surface area (Å²) in [5, 5.41) is 6.88. The van der Waals surface area contributed by atoms with Crippen LogP contribution in [-0.4, -0.2) is 15.0 Å². The van der Waals surface area contributed by atoms with Crippen LogP contribution in [-0.2, 0) is 0 Å². The molecule has 0 bridgehead atoms. The van der Waals surface area contributed by atoms with Crippen LogP contribution < -0.4 is 0 Å². The standard InChI is InChI=1S/C31H19N3/c1-2-6-24-19-25(15-10-20(24)5-1)26-8-3-9-27(33-26)28-17-16-23-14-12-21-11-13-22-7-4-18-32-30(22)29(21)31(23)34-28/h1-19H. The second-order valence-electron chi connectivity index (χ2n) is 8.54. The molecule has 4 aromatic carbocycles. The van der Waals surface area contributed by atoms with Crippen molar-refractivity contribution in [2.45, 2.75) is 0 Å². The molecule has 3 nitrogen and oxygen atoms in total. The lowest BCUT2D eigenvalue weighted by molar-refractivity contribution is 1.28. The average molecular weight is 434 g/mol. The minimum atomic E-state index is 0.857. The van der Waals surface area contributed by atoms with Gasteiger partial charge in [-0.1, -0.05) is 78.9 Å². The SMILES string of the molecule is c1cc(-c2ccc3ccccc3c2)nc(-c2ccc3ccc4ccc5cccnc5c4c3n2)c1. The summed E-state index contributed by atoms with van der Waals surface area (Å²) in [6, 6.07) is 37.8. The predicted molar refractivity (Wildman–Crippen MR) is 141 cm³/mol. The van der Waals surface area contributed by atoms with Gasteiger partial charge in [-0.3, -0.25) is 4.98 Å². The van der Waals surface area contributed by atoms with E-state index in [1.54, 1.807) is 0 Å². The molecule has 158 valence electrons. The summed E-state index contributed by atoms with van der Waals surface area (Å²) in [5.74, 6) is 0. The van der Waals surface area contributed by atoms with E-state index >= 15 is 0 Å². The first-order chi connectivity index (χ1) is 16.8. The second kappa shape index (κ2) is 7.46. The number of hydrogen-bond acceptors (Lipinski definition) is 3. The van der Waals surface area contributed by atoms with Gasteiger partial charge in [0.05, 0.1) is 28.1 Å². The van der Waals surface area contributed by atoms with Gasteiger partial charge in [-0.25, -0.2) is 9.97 Å². The maximum Gasteiger partial charge on any atom is 0.0894 e. The van der Waals surface area contributed by atoms with Crippen molar-refractivity contribution in [2.75, 3.05) is 0 Å². The molecule has 0 saturated heterocycles. The van der Waals surface area contributed by atoms with Crippen molar-refractivity contribution in [3.63, 3.8) is 0 Å². The Morgan fingerprint density at radius 2 is 1.09 bits per heavy atom. The monoisotopic (exact) mass is 433 g/mol. The molecule has 7 aromatic rings. The van der Waals surface area contributed by atoms with Crippen molar-refractivity contribution < 1.29 is 0 Å². The Morgan fingerprint density at radius 3 is 2.00 bits per heavy atom. The topological polar surface area (TPSA) is 38.7 Å². The highest BCUT2D eigenvalue weighted by atomic mass is 14.8. The molecule has 0 aliphatic heterocycles. The lowest BCUT2D eigenvalue weighted by Crippen LogP contribution is -1.92. The molecule has 0 aliphatic rings. The quantitative estimate of drug-likeness (QED) is 0.261. The maximum atomic E-state index is 5.11. The highest BCUT2D eigenvalue weighted by Gasteiger charge is 2.11. The van der Waals surface area contributed by atoms with Gasteiger partial charge < -0.3 is 0 Å². The Labute approximate surface area is 196 Å². The lowest BCUT2D eigenvalue weighted by atomic mass is 10.0. The fourth-order valence-electron chi connectivity index (χ4n) is 4.76. The number of pyridine rings is 3. The zero-order chi connectivity index (χ0) is 22.5. The number of hydrogen-bond donors (Lipinski definition) is 0. The van der Waals surface area contributed by atoms with E-state index < -0.39 is 0 Å². The molecule has 7 rings (SSSR count). The van der Waals surface area contributed by atoms with Crippen LogP contribution >= 0.6 is 0 Å². The molecule has 0 unspecified atom stereocenters. The normalized spacial score (nSPS) is 11.5. The molecule has 0 radical (unpaired) electrons. The first kappa shape index (κ1) is 18.9. The third-order valence-electron chi connectivity index (χ3n) is 6.47. The highest BCUT2D eigenvalue weighted by molar-refractivity contribution is 6.17. The second-order valence-corrected chi connectivity index (χ2v) is 8.54. The summed E-state index contributed by atoms with van der Waals surface area (Å²) in [6.07, 6.45) is 1.85. The Kier molecular flexibility index (Phi) is 4.15. The molecule has 0 N–H and O–H groups in total. The molecule has 3 heterocycles. The number of rotatable bonds is 2. The largest absolute Gasteiger partial charge is 0.256 e. The predicted octanol–water partition coefficient (Wildman–Crippen LogP) is 7.82. The average Bonchev–Trinajstić information content (AvgIpc) is 2.92. The van der Waals surface area contributed by atoms with E-state index in [-0.39, 0.29) is 0 Å². The molecule has 3 aromatic heterocycles. The molecule has 0 fully saturated rings. The molecule has 0 spiro atoms. The van der Waals surface area contributed by atoms with Crippen LogP contribution in [0, 0.1) is 0 Å². The van der Waals surface area contributed by atoms with Gasteiger partial charge in [0.25, 0.3) is 0 Å². The summed E-state index contributed by atoms with van der Waals surface area (Å²) in [5.41, 5.74) is 5.69. The minimum Gasteiger partial charge on any atom is -0.256 e. The summed E-state index contributed by atoms with van der Waals surface area (Å²) in [7, 11) is 0. The van der Waals surface area contributed by atoms with Crippen LogP contribution in [0.25, 0.3) is 66.0 Å². The fourth-order valence-corrected chi connectivity index (χ4v) is 4.76. The zero-order valence-electron chi connectivity index (χ0n) is 18.3. The van der Waals surface area contributed by atoms with Gasteiger partial charge >= 0.3 is 0 Å². The Bertz CT molecular complexity index is 1870. The third-order valence-corrected chi connectivity index (χ3v) is 6.47. The summed E-state index contributed by atoms with van der Waals surface area (Å²) in [6.45, 7) is 0. The maximum absolute atomic E-state index is 5.11. The Hall–Kier alpha value is -4.63. The van der Waals surface area contributed by atoms with E-state index in [2.05, 4.69) is 102 Å². The van der Waals surface area contributed by atoms with Crippen LogP contribution in [0.2, 0.25) is 0 Å². The first-order valence-corrected chi connectivity index (χ1v) is 11.4. The molecule has 0 amide bonds. The summed E-state index contributed by atoms with van der Waals surface area (Å²) < 4.78 is 0. The van der Waals surface area contributed by atoms with Crippen molar-refractivity contribution in [3.8, 4) is 22.6 Å². The molecule has 0 aliphatic carbocycles. The molecule has 3 heteroatoms. The van der Waals surface area contributed by atoms with Crippen molar-refractivity contribution in [2.24, 2.45) is 0 Å². The Morgan fingerprint density at radius 1 is 0.412 bits per heavy atom. The lowest BCUT2D eigenvalue weighted by Gasteiger charge is -2.09. The van der Waals surface area contributed by atoms with E-state index in [9.17, 15) is 0 Å². The fraction of sp³-hybridized carbons (Fsp3) is 0. The van der Waals surface area contributed by atoms with Crippen molar-refractivity contribution in [1.82, 2.24) is 15.0 Å². The van der Waals surface area contributed by atoms with Gasteiger partial charge in [0.2, 0.25) is 0 Å². The van der Waals surface area contributed by atoms with E-state index in [4.69, 9.17) is 9.97 Å². The van der Waals surface area contributed by atoms with Gasteiger partial charge in [-0.05, 0) is 46.5 Å².